The van der Waals surface area contributed by atoms with Crippen LogP contribution < -0.4 is 29.6 Å². The third-order valence-corrected chi connectivity index (χ3v) is 3.45. The Morgan fingerprint density at radius 3 is 2.13 bits per heavy atom. The maximum Gasteiger partial charge on any atom is 1.00 e. The van der Waals surface area contributed by atoms with Gasteiger partial charge >= 0.3 is 29.6 Å². The number of aliphatic hydroxyl groups is 1. The molecule has 0 aliphatic heterocycles. The van der Waals surface area contributed by atoms with Crippen molar-refractivity contribution in [1.29, 1.82) is 0 Å². The Balaban J connectivity index is 0. The average Bonchev–Trinajstić information content (AvgIpc) is 2.00. The molecule has 15 heavy (non-hydrogen) atoms. The van der Waals surface area contributed by atoms with E-state index < -0.39 is 21.5 Å². The van der Waals surface area contributed by atoms with Gasteiger partial charge in [-0.15, -0.1) is 0 Å². The largest absolute Gasteiger partial charge is 1.00 e. The van der Waals surface area contributed by atoms with E-state index in [0.29, 0.717) is 32.1 Å². The molecule has 0 aromatic carbocycles. The zero-order valence-corrected chi connectivity index (χ0v) is 12.6. The van der Waals surface area contributed by atoms with E-state index in [0.717, 1.165) is 0 Å². The van der Waals surface area contributed by atoms with Crippen molar-refractivity contribution in [3.63, 3.8) is 0 Å². The Kier molecular flexibility index (Phi) is 10.9. The average molecular weight is 246 g/mol. The fourth-order valence-electron chi connectivity index (χ4n) is 1.40. The Morgan fingerprint density at radius 2 is 1.80 bits per heavy atom. The molecule has 0 saturated carbocycles. The molecule has 86 valence electrons. The SMILES string of the molecule is CCCC(CCCC(C)O)S(=O)(=O)[O-].[Na+]. The van der Waals surface area contributed by atoms with Crippen LogP contribution in [0.4, 0.5) is 0 Å². The smallest absolute Gasteiger partial charge is 0.748 e. The van der Waals surface area contributed by atoms with Gasteiger partial charge in [0.1, 0.15) is 0 Å². The van der Waals surface area contributed by atoms with Gasteiger partial charge in [0, 0.05) is 5.25 Å². The topological polar surface area (TPSA) is 77.4 Å². The van der Waals surface area contributed by atoms with Gasteiger partial charge in [0.25, 0.3) is 0 Å². The Labute approximate surface area is 114 Å². The summed E-state index contributed by atoms with van der Waals surface area (Å²) in [6, 6.07) is 0. The summed E-state index contributed by atoms with van der Waals surface area (Å²) < 4.78 is 32.3. The first kappa shape index (κ1) is 18.2. The second-order valence-electron chi connectivity index (χ2n) is 3.68. The third-order valence-electron chi connectivity index (χ3n) is 2.17. The number of hydrogen-bond donors (Lipinski definition) is 1. The number of rotatable bonds is 7. The summed E-state index contributed by atoms with van der Waals surface area (Å²) >= 11 is 0. The monoisotopic (exact) mass is 246 g/mol. The predicted molar refractivity (Wildman–Crippen MR) is 53.9 cm³/mol. The molecule has 0 aliphatic rings. The quantitative estimate of drug-likeness (QED) is 0.427. The van der Waals surface area contributed by atoms with Crippen LogP contribution in [0.5, 0.6) is 0 Å². The molecule has 1 N–H and O–H groups in total. The zero-order valence-electron chi connectivity index (χ0n) is 9.77. The molecule has 6 heteroatoms. The van der Waals surface area contributed by atoms with Crippen LogP contribution in [0.1, 0.15) is 46.0 Å². The van der Waals surface area contributed by atoms with Gasteiger partial charge in [0.2, 0.25) is 0 Å². The van der Waals surface area contributed by atoms with Crippen molar-refractivity contribution >= 4 is 10.1 Å². The van der Waals surface area contributed by atoms with Gasteiger partial charge in [0.15, 0.2) is 0 Å². The van der Waals surface area contributed by atoms with Crippen molar-refractivity contribution in [3.8, 4) is 0 Å². The van der Waals surface area contributed by atoms with Crippen molar-refractivity contribution < 1.29 is 47.6 Å². The standard InChI is InChI=1S/C9H20O4S.Na/c1-3-5-9(14(11,12)13)7-4-6-8(2)10;/h8-10H,3-7H2,1-2H3,(H,11,12,13);/q;+1/p-1. The second-order valence-corrected chi connectivity index (χ2v) is 5.34. The molecule has 0 saturated heterocycles. The van der Waals surface area contributed by atoms with Crippen LogP contribution >= 0.6 is 0 Å². The summed E-state index contributed by atoms with van der Waals surface area (Å²) in [7, 11) is -4.16. The Hall–Kier alpha value is 0.870. The van der Waals surface area contributed by atoms with E-state index >= 15 is 0 Å². The van der Waals surface area contributed by atoms with E-state index in [2.05, 4.69) is 0 Å². The molecule has 2 unspecified atom stereocenters. The van der Waals surface area contributed by atoms with Gasteiger partial charge in [-0.2, -0.15) is 0 Å². The summed E-state index contributed by atoms with van der Waals surface area (Å²) in [6.07, 6.45) is 2.20. The molecule has 4 nitrogen and oxygen atoms in total. The molecule has 0 bridgehead atoms. The maximum absolute atomic E-state index is 10.8. The van der Waals surface area contributed by atoms with Gasteiger partial charge in [0.05, 0.1) is 16.2 Å². The van der Waals surface area contributed by atoms with Gasteiger partial charge in [-0.05, 0) is 32.6 Å². The molecule has 0 heterocycles. The van der Waals surface area contributed by atoms with Gasteiger partial charge in [-0.25, -0.2) is 8.42 Å². The van der Waals surface area contributed by atoms with Crippen LogP contribution in [0, 0.1) is 0 Å². The molecule has 0 spiro atoms. The molecule has 0 rings (SSSR count). The first-order valence-corrected chi connectivity index (χ1v) is 6.47. The zero-order chi connectivity index (χ0) is 11.2. The summed E-state index contributed by atoms with van der Waals surface area (Å²) in [5.74, 6) is 0. The minimum absolute atomic E-state index is 0. The maximum atomic E-state index is 10.8. The first-order valence-electron chi connectivity index (χ1n) is 5.00. The van der Waals surface area contributed by atoms with E-state index in [1.807, 2.05) is 6.92 Å². The van der Waals surface area contributed by atoms with Crippen molar-refractivity contribution in [1.82, 2.24) is 0 Å². The van der Waals surface area contributed by atoms with Gasteiger partial charge in [-0.1, -0.05) is 13.3 Å². The van der Waals surface area contributed by atoms with Crippen LogP contribution in [0.3, 0.4) is 0 Å². The molecular formula is C9H19NaO4S. The molecular weight excluding hydrogens is 227 g/mol. The predicted octanol–water partition coefficient (Wildman–Crippen LogP) is -1.74. The van der Waals surface area contributed by atoms with Crippen LogP contribution in [0.15, 0.2) is 0 Å². The van der Waals surface area contributed by atoms with E-state index in [-0.39, 0.29) is 29.6 Å². The van der Waals surface area contributed by atoms with Gasteiger partial charge in [-0.3, -0.25) is 0 Å². The fourth-order valence-corrected chi connectivity index (χ4v) is 2.38. The molecule has 0 aliphatic carbocycles. The van der Waals surface area contributed by atoms with Gasteiger partial charge < -0.3 is 9.66 Å². The molecule has 0 amide bonds. The molecule has 0 aromatic heterocycles. The van der Waals surface area contributed by atoms with Crippen molar-refractivity contribution in [3.05, 3.63) is 0 Å². The van der Waals surface area contributed by atoms with Crippen molar-refractivity contribution in [2.24, 2.45) is 0 Å². The summed E-state index contributed by atoms with van der Waals surface area (Å²) in [6.45, 7) is 3.51. The van der Waals surface area contributed by atoms with Crippen molar-refractivity contribution in [2.75, 3.05) is 0 Å². The minimum atomic E-state index is -4.16. The van der Waals surface area contributed by atoms with Crippen LogP contribution in [0.25, 0.3) is 0 Å². The van der Waals surface area contributed by atoms with E-state index in [4.69, 9.17) is 5.11 Å². The van der Waals surface area contributed by atoms with Crippen LogP contribution in [-0.4, -0.2) is 29.4 Å². The van der Waals surface area contributed by atoms with Crippen LogP contribution in [0.2, 0.25) is 0 Å². The molecule has 0 aromatic rings. The second kappa shape index (κ2) is 8.96. The van der Waals surface area contributed by atoms with Crippen LogP contribution in [-0.2, 0) is 10.1 Å². The molecule has 0 radical (unpaired) electrons. The summed E-state index contributed by atoms with van der Waals surface area (Å²) in [5, 5.41) is 8.20. The Bertz CT molecular complexity index is 238. The molecule has 2 atom stereocenters. The molecule has 0 fully saturated rings. The number of aliphatic hydroxyl groups excluding tert-OH is 1. The van der Waals surface area contributed by atoms with Crippen molar-refractivity contribution in [2.45, 2.75) is 57.3 Å². The summed E-state index contributed by atoms with van der Waals surface area (Å²) in [4.78, 5) is 0. The van der Waals surface area contributed by atoms with E-state index in [1.54, 1.807) is 6.92 Å². The van der Waals surface area contributed by atoms with E-state index in [1.165, 1.54) is 0 Å². The summed E-state index contributed by atoms with van der Waals surface area (Å²) in [5.41, 5.74) is 0. The normalized spacial score (nSPS) is 15.5. The van der Waals surface area contributed by atoms with E-state index in [9.17, 15) is 13.0 Å². The Morgan fingerprint density at radius 1 is 1.27 bits per heavy atom. The minimum Gasteiger partial charge on any atom is -0.748 e. The first-order chi connectivity index (χ1) is 6.38. The number of hydrogen-bond acceptors (Lipinski definition) is 4. The third kappa shape index (κ3) is 9.78. The fraction of sp³-hybridized carbons (Fsp3) is 1.00.